The smallest absolute Gasteiger partial charge is 0 e. The van der Waals surface area contributed by atoms with Crippen LogP contribution in [0.4, 0.5) is 0 Å². The van der Waals surface area contributed by atoms with Gasteiger partial charge in [-0.25, -0.2) is 24.3 Å². The predicted molar refractivity (Wildman–Crippen MR) is 85.3 cm³/mol. The second-order valence-corrected chi connectivity index (χ2v) is 4.29. The average Bonchev–Trinajstić information content (AvgIpc) is 3.31. The van der Waals surface area contributed by atoms with Gasteiger partial charge in [0, 0.05) is 34.1 Å². The molecule has 0 bridgehead atoms. The number of hydrogen-bond acceptors (Lipinski definition) is 0. The van der Waals surface area contributed by atoms with Crippen molar-refractivity contribution < 1.29 is 52.7 Å². The van der Waals surface area contributed by atoms with Gasteiger partial charge in [-0.1, -0.05) is 26.1 Å². The van der Waals surface area contributed by atoms with Crippen molar-refractivity contribution in [3.63, 3.8) is 0 Å². The summed E-state index contributed by atoms with van der Waals surface area (Å²) >= 11 is 0. The van der Waals surface area contributed by atoms with Crippen molar-refractivity contribution in [2.75, 3.05) is 0 Å². The first kappa shape index (κ1) is 43.8. The molecule has 0 atom stereocenters. The summed E-state index contributed by atoms with van der Waals surface area (Å²) in [5.74, 6) is 0. The van der Waals surface area contributed by atoms with Crippen LogP contribution in [0.25, 0.3) is 0 Å². The zero-order valence-electron chi connectivity index (χ0n) is 14.2. The molecule has 134 valence electrons. The fourth-order valence-electron chi connectivity index (χ4n) is 0.642. The monoisotopic (exact) mass is 420 g/mol. The molecule has 4 nitrogen and oxygen atoms in total. The summed E-state index contributed by atoms with van der Waals surface area (Å²) in [6.07, 6.45) is 0. The third kappa shape index (κ3) is 128. The maximum absolute atomic E-state index is 7.50. The second kappa shape index (κ2) is 49.5. The zero-order chi connectivity index (χ0) is 19.6. The van der Waals surface area contributed by atoms with Crippen molar-refractivity contribution in [1.29, 1.82) is 0 Å². The van der Waals surface area contributed by atoms with E-state index in [-0.39, 0.29) is 39.5 Å². The van der Waals surface area contributed by atoms with Gasteiger partial charge in [-0.05, 0) is 0 Å². The molecular formula is C18H19BMn2O4-2. The fraction of sp³-hybridized carbons (Fsp3) is 0.222. The van der Waals surface area contributed by atoms with Crippen molar-refractivity contribution in [3.8, 4) is 0 Å². The molecule has 0 saturated heterocycles. The van der Waals surface area contributed by atoms with Crippen LogP contribution in [0, 0.1) is 26.6 Å². The largest absolute Gasteiger partial charge is 0.214 e. The Bertz CT molecular complexity index is 348. The van der Waals surface area contributed by atoms with Gasteiger partial charge < -0.3 is 0 Å². The Hall–Kier alpha value is -1.24. The van der Waals surface area contributed by atoms with Crippen LogP contribution in [0.5, 0.6) is 0 Å². The van der Waals surface area contributed by atoms with Crippen LogP contribution >= 0.6 is 0 Å². The fourth-order valence-corrected chi connectivity index (χ4v) is 0.642. The summed E-state index contributed by atoms with van der Waals surface area (Å²) in [5.41, 5.74) is 0. The Balaban J connectivity index is -0.0000000315. The van der Waals surface area contributed by atoms with Crippen LogP contribution in [0.2, 0.25) is 5.31 Å². The Labute approximate surface area is 173 Å². The zero-order valence-corrected chi connectivity index (χ0v) is 16.6. The van der Waals surface area contributed by atoms with Gasteiger partial charge in [-0.15, -0.1) is 0 Å². The maximum Gasteiger partial charge on any atom is 0 e. The van der Waals surface area contributed by atoms with Crippen molar-refractivity contribution >= 4 is 7.85 Å². The van der Waals surface area contributed by atoms with Crippen LogP contribution in [0.1, 0.15) is 20.8 Å². The first-order valence-electron chi connectivity index (χ1n) is 5.94. The minimum absolute atomic E-state index is 0. The van der Waals surface area contributed by atoms with E-state index in [2.05, 4.69) is 26.6 Å². The summed E-state index contributed by atoms with van der Waals surface area (Å²) in [6, 6.07) is 20.0. The molecule has 0 aliphatic heterocycles. The molecule has 25 heavy (non-hydrogen) atoms. The van der Waals surface area contributed by atoms with E-state index >= 15 is 0 Å². The summed E-state index contributed by atoms with van der Waals surface area (Å²) in [5, 5.41) is 0. The minimum Gasteiger partial charge on any atom is -0.214 e. The van der Waals surface area contributed by atoms with Gasteiger partial charge >= 0.3 is 45.2 Å². The van der Waals surface area contributed by atoms with Crippen LogP contribution in [-0.2, 0) is 52.7 Å². The van der Waals surface area contributed by atoms with Crippen LogP contribution in [0.3, 0.4) is 0 Å². The van der Waals surface area contributed by atoms with Gasteiger partial charge in [0.15, 0.2) is 0 Å². The Morgan fingerprint density at radius 2 is 0.720 bits per heavy atom. The summed E-state index contributed by atoms with van der Waals surface area (Å²) < 4.78 is 30.0. The van der Waals surface area contributed by atoms with E-state index in [0.29, 0.717) is 0 Å². The van der Waals surface area contributed by atoms with Crippen LogP contribution in [0.15, 0.2) is 60.7 Å². The van der Waals surface area contributed by atoms with Gasteiger partial charge in [0.05, 0.1) is 7.85 Å². The van der Waals surface area contributed by atoms with E-state index in [9.17, 15) is 0 Å². The van der Waals surface area contributed by atoms with Crippen molar-refractivity contribution in [2.45, 2.75) is 26.1 Å². The number of hydrogen-bond donors (Lipinski definition) is 0. The molecule has 4 radical (unpaired) electrons. The Morgan fingerprint density at radius 3 is 0.760 bits per heavy atom. The predicted octanol–water partition coefficient (Wildman–Crippen LogP) is 4.03. The molecule has 2 rings (SSSR count). The molecule has 0 spiro atoms. The molecule has 2 aromatic carbocycles. The maximum atomic E-state index is 7.50. The van der Waals surface area contributed by atoms with Crippen molar-refractivity contribution in [3.05, 3.63) is 87.3 Å². The van der Waals surface area contributed by atoms with Gasteiger partial charge in [-0.2, -0.15) is 36.4 Å². The summed E-state index contributed by atoms with van der Waals surface area (Å²) in [7, 11) is 5.35. The van der Waals surface area contributed by atoms with E-state index in [0.717, 1.165) is 0 Å². The first-order valence-corrected chi connectivity index (χ1v) is 5.94. The van der Waals surface area contributed by atoms with Crippen LogP contribution in [-0.4, -0.2) is 7.85 Å². The molecule has 7 heteroatoms. The standard InChI is InChI=1S/2C5H5.C4H9B.4CO.2Mn/c2*1-2-4-5-3-1;1-4(2,3)5;4*1-2;;/h2*1-5H;1-3H3;;;;;;/q2*-1;;;;;;;. The van der Waals surface area contributed by atoms with Gasteiger partial charge in [0.25, 0.3) is 0 Å². The van der Waals surface area contributed by atoms with Gasteiger partial charge in [0.1, 0.15) is 0 Å². The topological polar surface area (TPSA) is 79.6 Å². The van der Waals surface area contributed by atoms with E-state index in [4.69, 9.17) is 26.5 Å². The summed E-state index contributed by atoms with van der Waals surface area (Å²) in [6.45, 7) is 23.9. The average molecular weight is 420 g/mol. The molecule has 0 amide bonds. The van der Waals surface area contributed by atoms with Gasteiger partial charge in [-0.3, -0.25) is 0 Å². The van der Waals surface area contributed by atoms with Crippen molar-refractivity contribution in [1.82, 2.24) is 0 Å². The van der Waals surface area contributed by atoms with E-state index in [1.54, 1.807) is 0 Å². The molecule has 2 aromatic rings. The third-order valence-corrected chi connectivity index (χ3v) is 1.11. The Morgan fingerprint density at radius 1 is 0.600 bits per heavy atom. The Kier molecular flexibility index (Phi) is 86.7. The SMILES string of the molecule is [B]C(C)(C)C.[C-]#[O+].[C-]#[O+].[C-]#[O+].[C-]#[O+].[Mn].[Mn].c1cc[cH-]c1.c1cc[cH-]c1. The first-order chi connectivity index (χ1) is 11.0. The molecule has 0 N–H and O–H groups in total. The van der Waals surface area contributed by atoms with E-state index < -0.39 is 0 Å². The molecule has 0 aliphatic carbocycles. The molecule has 0 aliphatic rings. The molecule has 0 heterocycles. The molecular weight excluding hydrogens is 401 g/mol. The van der Waals surface area contributed by atoms with Crippen molar-refractivity contribution in [2.24, 2.45) is 0 Å². The van der Waals surface area contributed by atoms with E-state index in [1.807, 2.05) is 81.4 Å². The normalized spacial score (nSPS) is 5.88. The molecule has 0 saturated carbocycles. The van der Waals surface area contributed by atoms with Crippen LogP contribution < -0.4 is 0 Å². The second-order valence-electron chi connectivity index (χ2n) is 4.29. The number of rotatable bonds is 0. The third-order valence-electron chi connectivity index (χ3n) is 1.11. The summed E-state index contributed by atoms with van der Waals surface area (Å²) in [4.78, 5) is 0. The molecule has 0 aromatic heterocycles. The molecule has 0 fully saturated rings. The molecule has 0 unspecified atom stereocenters. The van der Waals surface area contributed by atoms with Gasteiger partial charge in [0.2, 0.25) is 0 Å². The minimum atomic E-state index is 0. The van der Waals surface area contributed by atoms with E-state index in [1.165, 1.54) is 0 Å². The quantitative estimate of drug-likeness (QED) is 0.351.